The van der Waals surface area contributed by atoms with Gasteiger partial charge in [-0.2, -0.15) is 0 Å². The lowest BCUT2D eigenvalue weighted by Crippen LogP contribution is -2.51. The molecule has 134 valence electrons. The van der Waals surface area contributed by atoms with Gasteiger partial charge in [-0.25, -0.2) is 0 Å². The predicted molar refractivity (Wildman–Crippen MR) is 96.5 cm³/mol. The zero-order chi connectivity index (χ0) is 16.9. The van der Waals surface area contributed by atoms with E-state index in [0.29, 0.717) is 11.9 Å². The Balaban J connectivity index is 1.71. The fraction of sp³-hybridized carbons (Fsp3) is 0.684. The van der Waals surface area contributed by atoms with Crippen LogP contribution in [0.3, 0.4) is 0 Å². The van der Waals surface area contributed by atoms with Crippen LogP contribution in [0.25, 0.3) is 0 Å². The van der Waals surface area contributed by atoms with Crippen molar-refractivity contribution in [2.45, 2.75) is 54.7 Å². The van der Waals surface area contributed by atoms with Crippen molar-refractivity contribution < 1.29 is 18.9 Å². The molecular weight excluding hydrogens is 324 g/mol. The van der Waals surface area contributed by atoms with Crippen molar-refractivity contribution in [1.82, 2.24) is 0 Å². The van der Waals surface area contributed by atoms with Crippen LogP contribution in [0.2, 0.25) is 0 Å². The Kier molecular flexibility index (Phi) is 6.58. The highest BCUT2D eigenvalue weighted by atomic mass is 32.2. The van der Waals surface area contributed by atoms with Crippen LogP contribution >= 0.6 is 11.8 Å². The van der Waals surface area contributed by atoms with Crippen molar-refractivity contribution in [3.63, 3.8) is 0 Å². The normalized spacial score (nSPS) is 33.2. The lowest BCUT2D eigenvalue weighted by molar-refractivity contribution is -0.179. The minimum Gasteiger partial charge on any atom is -0.382 e. The number of aryl methyl sites for hydroxylation is 1. The molecule has 1 saturated heterocycles. The van der Waals surface area contributed by atoms with Crippen molar-refractivity contribution in [2.24, 2.45) is 0 Å². The molecule has 0 spiro atoms. The third-order valence-electron chi connectivity index (χ3n) is 5.02. The van der Waals surface area contributed by atoms with Gasteiger partial charge in [0.05, 0.1) is 12.7 Å². The summed E-state index contributed by atoms with van der Waals surface area (Å²) >= 11 is 1.93. The average Bonchev–Trinajstić information content (AvgIpc) is 2.62. The Bertz CT molecular complexity index is 524. The Morgan fingerprint density at radius 3 is 2.75 bits per heavy atom. The van der Waals surface area contributed by atoms with Gasteiger partial charge in [0, 0.05) is 33.0 Å². The lowest BCUT2D eigenvalue weighted by atomic mass is 9.91. The quantitative estimate of drug-likeness (QED) is 0.782. The highest BCUT2D eigenvalue weighted by Crippen LogP contribution is 2.44. The zero-order valence-electron chi connectivity index (χ0n) is 14.8. The van der Waals surface area contributed by atoms with Crippen LogP contribution in [0, 0.1) is 0 Å². The maximum atomic E-state index is 6.31. The van der Waals surface area contributed by atoms with E-state index in [1.165, 1.54) is 30.4 Å². The van der Waals surface area contributed by atoms with E-state index in [-0.39, 0.29) is 23.7 Å². The van der Waals surface area contributed by atoms with Gasteiger partial charge in [0.25, 0.3) is 0 Å². The molecule has 3 rings (SSSR count). The monoisotopic (exact) mass is 352 g/mol. The van der Waals surface area contributed by atoms with E-state index in [2.05, 4.69) is 24.3 Å². The van der Waals surface area contributed by atoms with Crippen molar-refractivity contribution >= 4 is 11.8 Å². The van der Waals surface area contributed by atoms with E-state index in [0.717, 1.165) is 6.42 Å². The van der Waals surface area contributed by atoms with E-state index in [1.54, 1.807) is 21.3 Å². The van der Waals surface area contributed by atoms with E-state index in [9.17, 15) is 0 Å². The molecule has 5 atom stereocenters. The molecule has 0 amide bonds. The minimum atomic E-state index is -0.0879. The number of benzene rings is 1. The number of hydrogen-bond acceptors (Lipinski definition) is 5. The van der Waals surface area contributed by atoms with Crippen molar-refractivity contribution in [1.29, 1.82) is 0 Å². The maximum absolute atomic E-state index is 6.31. The van der Waals surface area contributed by atoms with Crippen molar-refractivity contribution in [3.8, 4) is 0 Å². The number of fused-ring (bicyclic) bond motifs is 1. The Labute approximate surface area is 149 Å². The molecule has 0 aromatic heterocycles. The summed E-state index contributed by atoms with van der Waals surface area (Å²) in [6, 6.07) is 8.82. The van der Waals surface area contributed by atoms with Gasteiger partial charge in [-0.05, 0) is 30.4 Å². The first-order chi connectivity index (χ1) is 11.8. The van der Waals surface area contributed by atoms with E-state index in [4.69, 9.17) is 18.9 Å². The first-order valence-electron chi connectivity index (χ1n) is 8.70. The van der Waals surface area contributed by atoms with Gasteiger partial charge in [-0.3, -0.25) is 0 Å². The number of ether oxygens (including phenoxy) is 4. The summed E-state index contributed by atoms with van der Waals surface area (Å²) in [6.45, 7) is 0.524. The molecule has 4 nitrogen and oxygen atoms in total. The summed E-state index contributed by atoms with van der Waals surface area (Å²) in [5.74, 6) is 0. The number of thioether (sulfide) groups is 1. The third-order valence-corrected chi connectivity index (χ3v) is 6.45. The second kappa shape index (κ2) is 8.68. The summed E-state index contributed by atoms with van der Waals surface area (Å²) in [6.07, 6.45) is 4.37. The molecule has 1 aliphatic carbocycles. The molecule has 1 aromatic rings. The van der Waals surface area contributed by atoms with Crippen LogP contribution in [-0.4, -0.2) is 51.7 Å². The van der Waals surface area contributed by atoms with Crippen LogP contribution in [0.4, 0.5) is 0 Å². The SMILES string of the molecule is COC[C@H]1O[C@H](SC2CCCc3ccccc32)C[C@@H](OC)[C@@H]1OC. The molecule has 1 aromatic carbocycles. The first kappa shape index (κ1) is 18.2. The second-order valence-electron chi connectivity index (χ2n) is 6.49. The molecule has 24 heavy (non-hydrogen) atoms. The number of hydrogen-bond donors (Lipinski definition) is 0. The molecule has 1 heterocycles. The first-order valence-corrected chi connectivity index (χ1v) is 9.64. The molecule has 1 fully saturated rings. The molecule has 0 bridgehead atoms. The van der Waals surface area contributed by atoms with Crippen LogP contribution in [0.15, 0.2) is 24.3 Å². The number of rotatable bonds is 6. The summed E-state index contributed by atoms with van der Waals surface area (Å²) in [7, 11) is 5.17. The molecule has 1 unspecified atom stereocenters. The lowest BCUT2D eigenvalue weighted by Gasteiger charge is -2.41. The molecule has 0 radical (unpaired) electrons. The topological polar surface area (TPSA) is 36.9 Å². The Morgan fingerprint density at radius 2 is 2.00 bits per heavy atom. The third kappa shape index (κ3) is 3.97. The van der Waals surface area contributed by atoms with Gasteiger partial charge >= 0.3 is 0 Å². The van der Waals surface area contributed by atoms with Crippen molar-refractivity contribution in [2.75, 3.05) is 27.9 Å². The van der Waals surface area contributed by atoms with Crippen LogP contribution in [0.1, 0.15) is 35.6 Å². The highest BCUT2D eigenvalue weighted by Gasteiger charge is 2.40. The molecule has 1 aliphatic heterocycles. The fourth-order valence-electron chi connectivity index (χ4n) is 3.85. The molecule has 2 aliphatic rings. The van der Waals surface area contributed by atoms with Crippen LogP contribution in [-0.2, 0) is 25.4 Å². The van der Waals surface area contributed by atoms with Crippen LogP contribution < -0.4 is 0 Å². The van der Waals surface area contributed by atoms with Gasteiger partial charge in [0.2, 0.25) is 0 Å². The van der Waals surface area contributed by atoms with Crippen LogP contribution in [0.5, 0.6) is 0 Å². The summed E-state index contributed by atoms with van der Waals surface area (Å²) in [4.78, 5) is 0. The smallest absolute Gasteiger partial charge is 0.112 e. The number of methoxy groups -OCH3 is 3. The van der Waals surface area contributed by atoms with Gasteiger partial charge in [0.1, 0.15) is 17.6 Å². The second-order valence-corrected chi connectivity index (χ2v) is 7.85. The fourth-order valence-corrected chi connectivity index (χ4v) is 5.40. The molecule has 0 saturated carbocycles. The maximum Gasteiger partial charge on any atom is 0.112 e. The molecular formula is C19H28O4S. The van der Waals surface area contributed by atoms with Gasteiger partial charge in [-0.1, -0.05) is 24.3 Å². The highest BCUT2D eigenvalue weighted by molar-refractivity contribution is 8.00. The zero-order valence-corrected chi connectivity index (χ0v) is 15.6. The van der Waals surface area contributed by atoms with E-state index < -0.39 is 0 Å². The average molecular weight is 352 g/mol. The van der Waals surface area contributed by atoms with Gasteiger partial charge in [0.15, 0.2) is 0 Å². The van der Waals surface area contributed by atoms with Gasteiger partial charge < -0.3 is 18.9 Å². The van der Waals surface area contributed by atoms with E-state index >= 15 is 0 Å². The Morgan fingerprint density at radius 1 is 1.17 bits per heavy atom. The van der Waals surface area contributed by atoms with Gasteiger partial charge in [-0.15, -0.1) is 11.8 Å². The van der Waals surface area contributed by atoms with E-state index in [1.807, 2.05) is 11.8 Å². The minimum absolute atomic E-state index is 0.0419. The summed E-state index contributed by atoms with van der Waals surface area (Å²) < 4.78 is 22.9. The standard InChI is InChI=1S/C19H28O4S/c1-20-12-16-19(22-3)15(21-2)11-18(23-16)24-17-10-6-8-13-7-4-5-9-14(13)17/h4-5,7,9,15-19H,6,8,10-12H2,1-3H3/t15-,16-,17?,18-,19+/m1/s1. The Hall–Kier alpha value is -0.590. The molecule has 0 N–H and O–H groups in total. The predicted octanol–water partition coefficient (Wildman–Crippen LogP) is 3.59. The molecule has 5 heteroatoms. The largest absolute Gasteiger partial charge is 0.382 e. The van der Waals surface area contributed by atoms with Crippen molar-refractivity contribution in [3.05, 3.63) is 35.4 Å². The summed E-state index contributed by atoms with van der Waals surface area (Å²) in [5.41, 5.74) is 3.07. The summed E-state index contributed by atoms with van der Waals surface area (Å²) in [5, 5.41) is 0.500.